The van der Waals surface area contributed by atoms with Crippen molar-refractivity contribution in [3.05, 3.63) is 59.9 Å². The van der Waals surface area contributed by atoms with E-state index < -0.39 is 5.82 Å². The maximum atomic E-state index is 13.4. The summed E-state index contributed by atoms with van der Waals surface area (Å²) in [6.45, 7) is 0.0657. The number of nitrogens with zero attached hydrogens (tertiary/aromatic N) is 3. The van der Waals surface area contributed by atoms with E-state index in [1.807, 2.05) is 0 Å². The molecular formula is C14H12FN5O. The monoisotopic (exact) mass is 285 g/mol. The van der Waals surface area contributed by atoms with Crippen molar-refractivity contribution in [1.82, 2.24) is 14.6 Å². The summed E-state index contributed by atoms with van der Waals surface area (Å²) in [5, 5.41) is 6.76. The number of halogens is 1. The Balaban J connectivity index is 1.89. The number of anilines is 1. The number of carbonyl (C=O) groups excluding carboxylic acids is 1. The number of aromatic nitrogens is 3. The highest BCUT2D eigenvalue weighted by Crippen LogP contribution is 2.16. The van der Waals surface area contributed by atoms with E-state index in [1.165, 1.54) is 24.4 Å². The number of nitrogens with two attached hydrogens (primary N) is 1. The van der Waals surface area contributed by atoms with Gasteiger partial charge in [-0.05, 0) is 18.2 Å². The average Bonchev–Trinajstić information content (AvgIpc) is 2.93. The number of hydrogen-bond donors (Lipinski definition) is 2. The van der Waals surface area contributed by atoms with E-state index in [4.69, 9.17) is 5.73 Å². The largest absolute Gasteiger partial charge is 0.326 e. The van der Waals surface area contributed by atoms with Gasteiger partial charge in [0, 0.05) is 30.2 Å². The summed E-state index contributed by atoms with van der Waals surface area (Å²) in [6.07, 6.45) is 6.24. The predicted molar refractivity (Wildman–Crippen MR) is 75.2 cm³/mol. The van der Waals surface area contributed by atoms with Crippen LogP contribution in [0.2, 0.25) is 0 Å². The van der Waals surface area contributed by atoms with Gasteiger partial charge in [-0.3, -0.25) is 9.78 Å². The molecule has 7 heteroatoms. The maximum Gasteiger partial charge on any atom is 0.259 e. The number of fused-ring (bicyclic) bond motifs is 1. The molecule has 3 rings (SSSR count). The minimum absolute atomic E-state index is 0.0657. The molecule has 0 aliphatic carbocycles. The number of hydrogen-bond acceptors (Lipinski definition) is 4. The van der Waals surface area contributed by atoms with Crippen LogP contribution >= 0.6 is 0 Å². The minimum Gasteiger partial charge on any atom is -0.326 e. The Morgan fingerprint density at radius 3 is 3.05 bits per heavy atom. The SMILES string of the molecule is NCc1cc(NC(=O)c2cnn3ccncc23)ccc1F. The van der Waals surface area contributed by atoms with Crippen molar-refractivity contribution in [3.8, 4) is 0 Å². The van der Waals surface area contributed by atoms with Crippen molar-refractivity contribution >= 4 is 17.1 Å². The normalized spacial score (nSPS) is 10.8. The average molecular weight is 285 g/mol. The van der Waals surface area contributed by atoms with Crippen molar-refractivity contribution < 1.29 is 9.18 Å². The summed E-state index contributed by atoms with van der Waals surface area (Å²) in [5.41, 5.74) is 7.25. The highest BCUT2D eigenvalue weighted by Gasteiger charge is 2.13. The lowest BCUT2D eigenvalue weighted by molar-refractivity contribution is 0.102. The quantitative estimate of drug-likeness (QED) is 0.765. The molecule has 106 valence electrons. The molecule has 0 aliphatic rings. The minimum atomic E-state index is -0.393. The lowest BCUT2D eigenvalue weighted by Crippen LogP contribution is -2.12. The van der Waals surface area contributed by atoms with Crippen LogP contribution in [0.1, 0.15) is 15.9 Å². The molecule has 1 aromatic carbocycles. The standard InChI is InChI=1S/C14H12FN5O/c15-12-2-1-10(5-9(12)6-16)19-14(21)11-7-18-20-4-3-17-8-13(11)20/h1-5,7-8H,6,16H2,(H,19,21). The number of nitrogens with one attached hydrogen (secondary N) is 1. The zero-order chi connectivity index (χ0) is 14.8. The van der Waals surface area contributed by atoms with Gasteiger partial charge in [-0.15, -0.1) is 0 Å². The van der Waals surface area contributed by atoms with Crippen LogP contribution in [0.3, 0.4) is 0 Å². The maximum absolute atomic E-state index is 13.4. The molecule has 0 atom stereocenters. The summed E-state index contributed by atoms with van der Waals surface area (Å²) in [7, 11) is 0. The van der Waals surface area contributed by atoms with Gasteiger partial charge in [0.15, 0.2) is 0 Å². The van der Waals surface area contributed by atoms with E-state index in [-0.39, 0.29) is 12.5 Å². The smallest absolute Gasteiger partial charge is 0.259 e. The Labute approximate surface area is 119 Å². The summed E-state index contributed by atoms with van der Waals surface area (Å²) in [4.78, 5) is 16.2. The molecule has 2 heterocycles. The van der Waals surface area contributed by atoms with E-state index in [1.54, 1.807) is 23.1 Å². The van der Waals surface area contributed by atoms with Crippen molar-refractivity contribution in [2.75, 3.05) is 5.32 Å². The molecule has 0 aliphatic heterocycles. The molecule has 6 nitrogen and oxygen atoms in total. The van der Waals surface area contributed by atoms with Gasteiger partial charge in [-0.1, -0.05) is 0 Å². The number of carbonyl (C=O) groups is 1. The lowest BCUT2D eigenvalue weighted by Gasteiger charge is -2.06. The first-order valence-corrected chi connectivity index (χ1v) is 6.26. The first-order valence-electron chi connectivity index (χ1n) is 6.26. The van der Waals surface area contributed by atoms with Gasteiger partial charge in [-0.2, -0.15) is 5.10 Å². The molecule has 0 radical (unpaired) electrons. The van der Waals surface area contributed by atoms with Crippen molar-refractivity contribution in [1.29, 1.82) is 0 Å². The van der Waals surface area contributed by atoms with E-state index >= 15 is 0 Å². The molecule has 3 aromatic rings. The predicted octanol–water partition coefficient (Wildman–Crippen LogP) is 1.58. The Bertz CT molecular complexity index is 814. The van der Waals surface area contributed by atoms with Crippen molar-refractivity contribution in [3.63, 3.8) is 0 Å². The van der Waals surface area contributed by atoms with Crippen LogP contribution in [-0.4, -0.2) is 20.5 Å². The Hall–Kier alpha value is -2.80. The second-order valence-electron chi connectivity index (χ2n) is 4.43. The molecule has 2 aromatic heterocycles. The van der Waals surface area contributed by atoms with Gasteiger partial charge >= 0.3 is 0 Å². The molecule has 0 spiro atoms. The van der Waals surface area contributed by atoms with Crippen LogP contribution in [0, 0.1) is 5.82 Å². The van der Waals surface area contributed by atoms with Crippen molar-refractivity contribution in [2.24, 2.45) is 5.73 Å². The summed E-state index contributed by atoms with van der Waals surface area (Å²) in [6, 6.07) is 4.27. The number of amides is 1. The zero-order valence-electron chi connectivity index (χ0n) is 11.0. The summed E-state index contributed by atoms with van der Waals surface area (Å²) in [5.74, 6) is -0.733. The van der Waals surface area contributed by atoms with Gasteiger partial charge in [0.2, 0.25) is 0 Å². The summed E-state index contributed by atoms with van der Waals surface area (Å²) < 4.78 is 14.9. The van der Waals surface area contributed by atoms with Gasteiger partial charge in [-0.25, -0.2) is 8.91 Å². The first kappa shape index (κ1) is 13.2. The van der Waals surface area contributed by atoms with Crippen LogP contribution < -0.4 is 11.1 Å². The highest BCUT2D eigenvalue weighted by atomic mass is 19.1. The molecule has 3 N–H and O–H groups in total. The fraction of sp³-hybridized carbons (Fsp3) is 0.0714. The molecule has 0 saturated carbocycles. The molecule has 0 bridgehead atoms. The third-order valence-corrected chi connectivity index (χ3v) is 3.09. The lowest BCUT2D eigenvalue weighted by atomic mass is 10.2. The molecular weight excluding hydrogens is 273 g/mol. The topological polar surface area (TPSA) is 85.3 Å². The molecule has 0 unspecified atom stereocenters. The van der Waals surface area contributed by atoms with E-state index in [0.29, 0.717) is 22.3 Å². The summed E-state index contributed by atoms with van der Waals surface area (Å²) >= 11 is 0. The van der Waals surface area contributed by atoms with Crippen LogP contribution in [-0.2, 0) is 6.54 Å². The fourth-order valence-corrected chi connectivity index (χ4v) is 2.02. The van der Waals surface area contributed by atoms with Gasteiger partial charge in [0.05, 0.1) is 23.5 Å². The van der Waals surface area contributed by atoms with Crippen LogP contribution in [0.5, 0.6) is 0 Å². The Morgan fingerprint density at radius 1 is 1.38 bits per heavy atom. The Kier molecular flexibility index (Phi) is 3.33. The van der Waals surface area contributed by atoms with Gasteiger partial charge < -0.3 is 11.1 Å². The van der Waals surface area contributed by atoms with E-state index in [9.17, 15) is 9.18 Å². The second kappa shape index (κ2) is 5.29. The van der Waals surface area contributed by atoms with Crippen molar-refractivity contribution in [2.45, 2.75) is 6.54 Å². The second-order valence-corrected chi connectivity index (χ2v) is 4.43. The third-order valence-electron chi connectivity index (χ3n) is 3.09. The highest BCUT2D eigenvalue weighted by molar-refractivity contribution is 6.08. The van der Waals surface area contributed by atoms with E-state index in [2.05, 4.69) is 15.4 Å². The molecule has 1 amide bonds. The van der Waals surface area contributed by atoms with Crippen LogP contribution in [0.4, 0.5) is 10.1 Å². The zero-order valence-corrected chi connectivity index (χ0v) is 11.0. The third kappa shape index (κ3) is 2.46. The molecule has 0 fully saturated rings. The van der Waals surface area contributed by atoms with Gasteiger partial charge in [0.1, 0.15) is 5.82 Å². The number of benzene rings is 1. The number of rotatable bonds is 3. The first-order chi connectivity index (χ1) is 10.2. The fourth-order valence-electron chi connectivity index (χ4n) is 2.02. The molecule has 21 heavy (non-hydrogen) atoms. The van der Waals surface area contributed by atoms with Crippen LogP contribution in [0.15, 0.2) is 43.0 Å². The van der Waals surface area contributed by atoms with Gasteiger partial charge in [0.25, 0.3) is 5.91 Å². The Morgan fingerprint density at radius 2 is 2.24 bits per heavy atom. The van der Waals surface area contributed by atoms with E-state index in [0.717, 1.165) is 0 Å². The van der Waals surface area contributed by atoms with Crippen LogP contribution in [0.25, 0.3) is 5.52 Å². The molecule has 0 saturated heterocycles.